The van der Waals surface area contributed by atoms with Crippen LogP contribution in [-0.4, -0.2) is 3.21 Å². The van der Waals surface area contributed by atoms with E-state index in [4.69, 9.17) is 17.0 Å². The van der Waals surface area contributed by atoms with E-state index in [9.17, 15) is 0 Å². The second-order valence-corrected chi connectivity index (χ2v) is 19.5. The molecule has 0 bridgehead atoms. The van der Waals surface area contributed by atoms with Crippen molar-refractivity contribution in [1.82, 2.24) is 0 Å². The molecule has 0 amide bonds. The van der Waals surface area contributed by atoms with Crippen LogP contribution in [-0.2, 0) is 29.7 Å². The summed E-state index contributed by atoms with van der Waals surface area (Å²) in [4.78, 5) is 0. The maximum absolute atomic E-state index is 6.24. The smallest absolute Gasteiger partial charge is 0.0809 e. The van der Waals surface area contributed by atoms with Crippen molar-refractivity contribution in [2.75, 3.05) is 0 Å². The Morgan fingerprint density at radius 2 is 1.05 bits per heavy atom. The zero-order valence-corrected chi connectivity index (χ0v) is 27.3. The summed E-state index contributed by atoms with van der Waals surface area (Å²) in [5, 5.41) is 2.66. The fourth-order valence-corrected chi connectivity index (χ4v) is 8.87. The van der Waals surface area contributed by atoms with Crippen molar-refractivity contribution in [1.29, 1.82) is 0 Å². The van der Waals surface area contributed by atoms with Crippen LogP contribution in [0.25, 0.3) is 10.8 Å². The summed E-state index contributed by atoms with van der Waals surface area (Å²) in [5.74, 6) is 0. The summed E-state index contributed by atoms with van der Waals surface area (Å²) in [7, 11) is 12.5. The first kappa shape index (κ1) is 30.5. The fraction of sp³-hybridized carbons (Fsp3) is 0.229. The predicted octanol–water partition coefficient (Wildman–Crippen LogP) is 10.7. The summed E-state index contributed by atoms with van der Waals surface area (Å²) in [5.41, 5.74) is 5.80. The summed E-state index contributed by atoms with van der Waals surface area (Å²) in [6.07, 6.45) is 0. The van der Waals surface area contributed by atoms with Crippen molar-refractivity contribution < 1.29 is 18.9 Å². The molecule has 0 aromatic heterocycles. The quantitative estimate of drug-likeness (QED) is 0.172. The molecule has 0 aliphatic heterocycles. The van der Waals surface area contributed by atoms with Gasteiger partial charge in [-0.25, -0.2) is 0 Å². The first-order valence-electron chi connectivity index (χ1n) is 13.0. The van der Waals surface area contributed by atoms with Crippen molar-refractivity contribution in [2.45, 2.75) is 52.4 Å². The molecule has 5 rings (SSSR count). The van der Waals surface area contributed by atoms with Gasteiger partial charge in [0.25, 0.3) is 0 Å². The Morgan fingerprint density at radius 3 is 1.47 bits per heavy atom. The standard InChI is InChI=1S/C13H10.C13H21.C9H7.2ClH.Zr/c1-3-7-12(8-4-1)11-13-9-5-2-6-10-13;1-12(2,3)10-8-7-9-11(10)13(4,5)6;1-2-5-9-7-3-6-8(9)4-1;;;/h1-10H;7-9H,1-6H3;1-7H;2*1H;/q;2*-1;;;+2/p-2. The van der Waals surface area contributed by atoms with Gasteiger partial charge in [-0.15, -0.1) is 29.7 Å². The summed E-state index contributed by atoms with van der Waals surface area (Å²) < 4.78 is 1.15. The van der Waals surface area contributed by atoms with Crippen LogP contribution in [0, 0.1) is 0 Å². The number of fused-ring (bicyclic) bond motifs is 1. The molecule has 0 saturated heterocycles. The molecule has 38 heavy (non-hydrogen) atoms. The Balaban J connectivity index is 0.000000164. The average Bonchev–Trinajstić information content (AvgIpc) is 3.56. The van der Waals surface area contributed by atoms with E-state index in [0.717, 1.165) is 14.3 Å². The minimum atomic E-state index is -2.44. The van der Waals surface area contributed by atoms with Crippen LogP contribution >= 0.6 is 17.0 Å². The zero-order chi connectivity index (χ0) is 27.8. The van der Waals surface area contributed by atoms with Crippen LogP contribution in [0.1, 0.15) is 63.8 Å². The average molecular weight is 621 g/mol. The number of halogens is 2. The molecule has 0 atom stereocenters. The molecule has 5 aromatic rings. The zero-order valence-electron chi connectivity index (χ0n) is 23.3. The van der Waals surface area contributed by atoms with E-state index >= 15 is 0 Å². The Labute approximate surface area is 244 Å². The van der Waals surface area contributed by atoms with E-state index in [-0.39, 0.29) is 10.8 Å². The molecule has 3 heteroatoms. The van der Waals surface area contributed by atoms with E-state index in [2.05, 4.69) is 126 Å². The Morgan fingerprint density at radius 1 is 0.605 bits per heavy atom. The normalized spacial score (nSPS) is 11.2. The largest absolute Gasteiger partial charge is 0.168 e. The summed E-state index contributed by atoms with van der Waals surface area (Å²) in [6.45, 7) is 13.7. The molecule has 5 aromatic carbocycles. The van der Waals surface area contributed by atoms with Gasteiger partial charge in [0.1, 0.15) is 0 Å². The molecular formula is C35H38Cl2Zr-2. The number of benzene rings is 3. The molecule has 0 nitrogen and oxygen atoms in total. The van der Waals surface area contributed by atoms with Gasteiger partial charge >= 0.3 is 111 Å². The second kappa shape index (κ2) is 13.8. The van der Waals surface area contributed by atoms with Crippen LogP contribution < -0.4 is 0 Å². The fourth-order valence-electron chi connectivity index (χ4n) is 4.39. The molecule has 0 heterocycles. The Bertz CT molecular complexity index is 1320. The monoisotopic (exact) mass is 618 g/mol. The predicted molar refractivity (Wildman–Crippen MR) is 167 cm³/mol. The van der Waals surface area contributed by atoms with E-state index in [0.29, 0.717) is 0 Å². The van der Waals surface area contributed by atoms with Crippen molar-refractivity contribution in [3.63, 3.8) is 0 Å². The molecule has 0 radical (unpaired) electrons. The molecular weight excluding hydrogens is 583 g/mol. The second-order valence-electron chi connectivity index (χ2n) is 11.4. The van der Waals surface area contributed by atoms with Gasteiger partial charge in [0.15, 0.2) is 0 Å². The minimum Gasteiger partial charge on any atom is -0.168 e. The summed E-state index contributed by atoms with van der Waals surface area (Å²) in [6, 6.07) is 41.6. The van der Waals surface area contributed by atoms with Crippen LogP contribution in [0.4, 0.5) is 0 Å². The van der Waals surface area contributed by atoms with E-state index < -0.39 is 18.9 Å². The van der Waals surface area contributed by atoms with E-state index in [1.807, 2.05) is 36.4 Å². The van der Waals surface area contributed by atoms with Crippen molar-refractivity contribution in [2.24, 2.45) is 0 Å². The Kier molecular flexibility index (Phi) is 11.1. The molecule has 0 unspecified atom stereocenters. The van der Waals surface area contributed by atoms with Crippen molar-refractivity contribution in [3.05, 3.63) is 144 Å². The van der Waals surface area contributed by atoms with Gasteiger partial charge < -0.3 is 0 Å². The van der Waals surface area contributed by atoms with Crippen LogP contribution in [0.2, 0.25) is 0 Å². The molecule has 0 N–H and O–H groups in total. The molecule has 0 fully saturated rings. The molecule has 0 spiro atoms. The maximum Gasteiger partial charge on any atom is -0.0809 e. The molecule has 0 aliphatic carbocycles. The number of hydrogen-bond acceptors (Lipinski definition) is 0. The third-order valence-corrected chi connectivity index (χ3v) is 10.9. The van der Waals surface area contributed by atoms with Gasteiger partial charge in [-0.3, -0.25) is 0 Å². The van der Waals surface area contributed by atoms with Gasteiger partial charge in [-0.05, 0) is 0 Å². The molecule has 198 valence electrons. The minimum absolute atomic E-state index is 0.270. The van der Waals surface area contributed by atoms with Crippen LogP contribution in [0.5, 0.6) is 0 Å². The third kappa shape index (κ3) is 8.74. The van der Waals surface area contributed by atoms with E-state index in [1.165, 1.54) is 21.9 Å². The topological polar surface area (TPSA) is 0 Å². The first-order chi connectivity index (χ1) is 18.0. The van der Waals surface area contributed by atoms with Crippen LogP contribution in [0.3, 0.4) is 0 Å². The third-order valence-electron chi connectivity index (χ3n) is 6.29. The Hall–Kier alpha value is -2.05. The molecule has 0 aliphatic rings. The van der Waals surface area contributed by atoms with Gasteiger partial charge in [-0.1, -0.05) is 58.4 Å². The first-order valence-corrected chi connectivity index (χ1v) is 20.6. The number of rotatable bonds is 2. The summed E-state index contributed by atoms with van der Waals surface area (Å²) >= 11 is -2.44. The van der Waals surface area contributed by atoms with Gasteiger partial charge in [0.05, 0.1) is 0 Å². The maximum atomic E-state index is 6.24. The van der Waals surface area contributed by atoms with E-state index in [1.54, 1.807) is 0 Å². The number of hydrogen-bond donors (Lipinski definition) is 0. The van der Waals surface area contributed by atoms with Gasteiger partial charge in [-0.2, -0.15) is 46.8 Å². The van der Waals surface area contributed by atoms with Gasteiger partial charge in [0.2, 0.25) is 0 Å². The van der Waals surface area contributed by atoms with Gasteiger partial charge in [0, 0.05) is 0 Å². The van der Waals surface area contributed by atoms with Crippen LogP contribution in [0.15, 0.2) is 121 Å². The van der Waals surface area contributed by atoms with Crippen molar-refractivity contribution >= 4 is 31.0 Å². The van der Waals surface area contributed by atoms with Crippen molar-refractivity contribution in [3.8, 4) is 0 Å². The molecule has 0 saturated carbocycles. The SMILES string of the molecule is CC(C)(C)c1c[cH-]cc1C(C)(C)C.[Cl][Zr]([Cl])=[C](c1ccccc1)c1ccccc1.c1ccc2[cH-]ccc2c1.